The maximum Gasteiger partial charge on any atom is 0.232 e. The second kappa shape index (κ2) is 13.7. The van der Waals surface area contributed by atoms with Gasteiger partial charge in [0.25, 0.3) is 0 Å². The Kier molecular flexibility index (Phi) is 10.6. The Morgan fingerprint density at radius 2 is 1.53 bits per heavy atom. The van der Waals surface area contributed by atoms with E-state index in [0.717, 1.165) is 44.2 Å². The summed E-state index contributed by atoms with van der Waals surface area (Å²) in [6.45, 7) is 7.84. The van der Waals surface area contributed by atoms with Crippen LogP contribution in [0.4, 0.5) is 0 Å². The van der Waals surface area contributed by atoms with E-state index in [1.165, 1.54) is 5.56 Å². The lowest BCUT2D eigenvalue weighted by molar-refractivity contribution is -0.136. The molecule has 0 spiro atoms. The quantitative estimate of drug-likeness (QED) is 0.325. The Morgan fingerprint density at radius 1 is 0.912 bits per heavy atom. The molecule has 2 fully saturated rings. The van der Waals surface area contributed by atoms with E-state index in [2.05, 4.69) is 50.4 Å². The molecule has 0 bridgehead atoms. The standard InChI is InChI=1S/C26H35N5O2.HI/c1-27-26(31-14-12-29(13-15-31)21-22-8-4-2-5-9-22)28-20-24(23-10-6-3-7-11-23)25(32)30-16-18-33-19-17-30;/h2-11,24H,12-21H2,1H3,(H,27,28);1H. The molecule has 0 radical (unpaired) electrons. The number of hydrogen-bond acceptors (Lipinski definition) is 4. The van der Waals surface area contributed by atoms with E-state index >= 15 is 0 Å². The van der Waals surface area contributed by atoms with Crippen LogP contribution < -0.4 is 5.32 Å². The van der Waals surface area contributed by atoms with Crippen LogP contribution >= 0.6 is 24.0 Å². The molecule has 7 nitrogen and oxygen atoms in total. The van der Waals surface area contributed by atoms with Gasteiger partial charge >= 0.3 is 0 Å². The van der Waals surface area contributed by atoms with Crippen LogP contribution in [0.15, 0.2) is 65.7 Å². The van der Waals surface area contributed by atoms with E-state index in [9.17, 15) is 4.79 Å². The highest BCUT2D eigenvalue weighted by molar-refractivity contribution is 14.0. The fourth-order valence-electron chi connectivity index (χ4n) is 4.52. The number of nitrogens with zero attached hydrogens (tertiary/aromatic N) is 4. The third kappa shape index (κ3) is 7.16. The molecule has 4 rings (SSSR count). The predicted octanol–water partition coefficient (Wildman–Crippen LogP) is 2.64. The van der Waals surface area contributed by atoms with E-state index in [1.807, 2.05) is 42.3 Å². The number of carbonyl (C=O) groups excluding carboxylic acids is 1. The van der Waals surface area contributed by atoms with Gasteiger partial charge in [0.05, 0.1) is 19.1 Å². The van der Waals surface area contributed by atoms with Gasteiger partial charge in [0.15, 0.2) is 5.96 Å². The Hall–Kier alpha value is -2.17. The van der Waals surface area contributed by atoms with Gasteiger partial charge in [-0.1, -0.05) is 60.7 Å². The fourth-order valence-corrected chi connectivity index (χ4v) is 4.52. The molecular weight excluding hydrogens is 541 g/mol. The van der Waals surface area contributed by atoms with Crippen LogP contribution in [0, 0.1) is 0 Å². The number of carbonyl (C=O) groups is 1. The van der Waals surface area contributed by atoms with Gasteiger partial charge in [-0.15, -0.1) is 24.0 Å². The maximum absolute atomic E-state index is 13.4. The summed E-state index contributed by atoms with van der Waals surface area (Å²) >= 11 is 0. The van der Waals surface area contributed by atoms with E-state index < -0.39 is 0 Å². The highest BCUT2D eigenvalue weighted by atomic mass is 127. The second-order valence-electron chi connectivity index (χ2n) is 8.58. The van der Waals surface area contributed by atoms with Gasteiger partial charge in [0.2, 0.25) is 5.91 Å². The van der Waals surface area contributed by atoms with E-state index in [4.69, 9.17) is 4.74 Å². The van der Waals surface area contributed by atoms with Gasteiger partial charge < -0.3 is 19.9 Å². The zero-order valence-corrected chi connectivity index (χ0v) is 22.3. The molecule has 2 aromatic rings. The van der Waals surface area contributed by atoms with Crippen LogP contribution in [0.1, 0.15) is 17.0 Å². The van der Waals surface area contributed by atoms with Crippen molar-refractivity contribution < 1.29 is 9.53 Å². The van der Waals surface area contributed by atoms with Gasteiger partial charge in [0, 0.05) is 59.4 Å². The maximum atomic E-state index is 13.4. The predicted molar refractivity (Wildman–Crippen MR) is 147 cm³/mol. The molecule has 1 unspecified atom stereocenters. The summed E-state index contributed by atoms with van der Waals surface area (Å²) in [6.07, 6.45) is 0. The summed E-state index contributed by atoms with van der Waals surface area (Å²) in [5.74, 6) is 0.769. The van der Waals surface area contributed by atoms with Crippen molar-refractivity contribution in [2.24, 2.45) is 4.99 Å². The SMILES string of the molecule is CN=C(NCC(C(=O)N1CCOCC1)c1ccccc1)N1CCN(Cc2ccccc2)CC1.I. The van der Waals surface area contributed by atoms with Crippen molar-refractivity contribution in [1.82, 2.24) is 20.0 Å². The van der Waals surface area contributed by atoms with Gasteiger partial charge in [-0.05, 0) is 11.1 Å². The zero-order chi connectivity index (χ0) is 22.9. The summed E-state index contributed by atoms with van der Waals surface area (Å²) in [4.78, 5) is 24.6. The molecule has 0 aliphatic carbocycles. The molecule has 1 amide bonds. The molecule has 0 saturated carbocycles. The lowest BCUT2D eigenvalue weighted by Crippen LogP contribution is -2.53. The van der Waals surface area contributed by atoms with Crippen LogP contribution in [0.2, 0.25) is 0 Å². The smallest absolute Gasteiger partial charge is 0.232 e. The number of ether oxygens (including phenoxy) is 1. The normalized spacial score (nSPS) is 18.2. The van der Waals surface area contributed by atoms with Crippen LogP contribution in [-0.4, -0.2) is 92.6 Å². The molecule has 2 saturated heterocycles. The third-order valence-electron chi connectivity index (χ3n) is 6.42. The number of amides is 1. The number of aliphatic imine (C=N–C) groups is 1. The first-order valence-electron chi connectivity index (χ1n) is 11.9. The second-order valence-corrected chi connectivity index (χ2v) is 8.58. The Labute approximate surface area is 220 Å². The number of piperazine rings is 1. The first kappa shape index (κ1) is 26.4. The van der Waals surface area contributed by atoms with Gasteiger partial charge in [-0.2, -0.15) is 0 Å². The third-order valence-corrected chi connectivity index (χ3v) is 6.42. The van der Waals surface area contributed by atoms with E-state index in [0.29, 0.717) is 32.8 Å². The Bertz CT molecular complexity index is 898. The molecule has 1 N–H and O–H groups in total. The van der Waals surface area contributed by atoms with Crippen molar-refractivity contribution >= 4 is 35.8 Å². The number of nitrogens with one attached hydrogen (secondary N) is 1. The summed E-state index contributed by atoms with van der Waals surface area (Å²) in [5, 5.41) is 3.50. The summed E-state index contributed by atoms with van der Waals surface area (Å²) < 4.78 is 5.44. The fraction of sp³-hybridized carbons (Fsp3) is 0.462. The van der Waals surface area contributed by atoms with Crippen molar-refractivity contribution in [3.63, 3.8) is 0 Å². The molecular formula is C26H36IN5O2. The Morgan fingerprint density at radius 3 is 2.15 bits per heavy atom. The summed E-state index contributed by atoms with van der Waals surface area (Å²) in [7, 11) is 1.82. The van der Waals surface area contributed by atoms with Crippen LogP contribution in [-0.2, 0) is 16.1 Å². The summed E-state index contributed by atoms with van der Waals surface area (Å²) in [6, 6.07) is 20.7. The van der Waals surface area contributed by atoms with Crippen molar-refractivity contribution in [2.75, 3.05) is 66.1 Å². The van der Waals surface area contributed by atoms with Crippen LogP contribution in [0.5, 0.6) is 0 Å². The monoisotopic (exact) mass is 577 g/mol. The van der Waals surface area contributed by atoms with Crippen molar-refractivity contribution in [3.05, 3.63) is 71.8 Å². The molecule has 2 aromatic carbocycles. The molecule has 2 aliphatic rings. The molecule has 8 heteroatoms. The molecule has 0 aromatic heterocycles. The molecule has 184 valence electrons. The first-order valence-corrected chi connectivity index (χ1v) is 11.9. The summed E-state index contributed by atoms with van der Waals surface area (Å²) in [5.41, 5.74) is 2.38. The zero-order valence-electron chi connectivity index (χ0n) is 19.9. The van der Waals surface area contributed by atoms with Gasteiger partial charge in [-0.25, -0.2) is 0 Å². The number of guanidine groups is 1. The van der Waals surface area contributed by atoms with Crippen molar-refractivity contribution in [2.45, 2.75) is 12.5 Å². The van der Waals surface area contributed by atoms with Crippen molar-refractivity contribution in [1.29, 1.82) is 0 Å². The van der Waals surface area contributed by atoms with Crippen LogP contribution in [0.3, 0.4) is 0 Å². The minimum atomic E-state index is -0.250. The molecule has 2 heterocycles. The highest BCUT2D eigenvalue weighted by Gasteiger charge is 2.28. The average Bonchev–Trinajstić information content (AvgIpc) is 2.89. The first-order chi connectivity index (χ1) is 16.2. The van der Waals surface area contributed by atoms with Crippen LogP contribution in [0.25, 0.3) is 0 Å². The number of hydrogen-bond donors (Lipinski definition) is 1. The molecule has 34 heavy (non-hydrogen) atoms. The lowest BCUT2D eigenvalue weighted by atomic mass is 9.97. The number of morpholine rings is 1. The number of benzene rings is 2. The molecule has 1 atom stereocenters. The number of halogens is 1. The number of rotatable bonds is 6. The van der Waals surface area contributed by atoms with E-state index in [1.54, 1.807) is 0 Å². The van der Waals surface area contributed by atoms with Crippen molar-refractivity contribution in [3.8, 4) is 0 Å². The average molecular weight is 578 g/mol. The minimum absolute atomic E-state index is 0. The lowest BCUT2D eigenvalue weighted by Gasteiger charge is -2.37. The molecule has 2 aliphatic heterocycles. The Balaban J connectivity index is 0.00000324. The van der Waals surface area contributed by atoms with E-state index in [-0.39, 0.29) is 35.8 Å². The van der Waals surface area contributed by atoms with Gasteiger partial charge in [-0.3, -0.25) is 14.7 Å². The topological polar surface area (TPSA) is 60.4 Å². The largest absolute Gasteiger partial charge is 0.378 e. The van der Waals surface area contributed by atoms with Gasteiger partial charge in [0.1, 0.15) is 0 Å². The highest BCUT2D eigenvalue weighted by Crippen LogP contribution is 2.19. The minimum Gasteiger partial charge on any atom is -0.378 e.